The number of alkyl halides is 3. The Bertz CT molecular complexity index is 550. The molecule has 0 unspecified atom stereocenters. The quantitative estimate of drug-likeness (QED) is 0.725. The molecule has 22 heavy (non-hydrogen) atoms. The third-order valence-electron chi connectivity index (χ3n) is 2.62. The summed E-state index contributed by atoms with van der Waals surface area (Å²) in [4.78, 5) is 23.0. The molecule has 1 aromatic carbocycles. The third kappa shape index (κ3) is 6.25. The van der Waals surface area contributed by atoms with E-state index >= 15 is 0 Å². The molecule has 1 rings (SSSR count). The number of benzene rings is 1. The Morgan fingerprint density at radius 1 is 1.27 bits per heavy atom. The molecular formula is C13H16F3N3O2S. The number of carbonyl (C=O) groups is 2. The Kier molecular flexibility index (Phi) is 6.54. The number of halogens is 3. The van der Waals surface area contributed by atoms with Gasteiger partial charge in [-0.25, -0.2) is 4.79 Å². The Labute approximate surface area is 130 Å². The predicted molar refractivity (Wildman–Crippen MR) is 80.1 cm³/mol. The van der Waals surface area contributed by atoms with E-state index in [1.807, 2.05) is 0 Å². The number of thioether (sulfide) groups is 1. The summed E-state index contributed by atoms with van der Waals surface area (Å²) in [5, 5.41) is 7.33. The highest BCUT2D eigenvalue weighted by atomic mass is 32.2. The first-order valence-electron chi connectivity index (χ1n) is 6.31. The number of anilines is 1. The number of urea groups is 1. The highest BCUT2D eigenvalue weighted by Gasteiger charge is 2.27. The van der Waals surface area contributed by atoms with Crippen molar-refractivity contribution < 1.29 is 22.8 Å². The molecule has 0 bridgehead atoms. The molecule has 3 amide bonds. The zero-order chi connectivity index (χ0) is 16.8. The van der Waals surface area contributed by atoms with E-state index in [0.717, 1.165) is 0 Å². The molecule has 5 nitrogen and oxygen atoms in total. The van der Waals surface area contributed by atoms with Gasteiger partial charge >= 0.3 is 11.5 Å². The van der Waals surface area contributed by atoms with E-state index in [9.17, 15) is 22.8 Å². The molecule has 0 aliphatic carbocycles. The molecule has 0 spiro atoms. The van der Waals surface area contributed by atoms with Crippen LogP contribution in [0, 0.1) is 6.92 Å². The van der Waals surface area contributed by atoms with Gasteiger partial charge in [0.2, 0.25) is 0 Å². The lowest BCUT2D eigenvalue weighted by atomic mass is 10.1. The maximum absolute atomic E-state index is 11.9. The topological polar surface area (TPSA) is 70.2 Å². The van der Waals surface area contributed by atoms with E-state index in [0.29, 0.717) is 16.8 Å². The van der Waals surface area contributed by atoms with Crippen LogP contribution in [0.5, 0.6) is 0 Å². The van der Waals surface area contributed by atoms with Gasteiger partial charge in [0.15, 0.2) is 0 Å². The fourth-order valence-corrected chi connectivity index (χ4v) is 2.02. The van der Waals surface area contributed by atoms with Crippen LogP contribution < -0.4 is 16.0 Å². The highest BCUT2D eigenvalue weighted by molar-refractivity contribution is 8.00. The first kappa shape index (κ1) is 18.1. The number of nitrogens with one attached hydrogen (secondary N) is 3. The zero-order valence-electron chi connectivity index (χ0n) is 12.0. The zero-order valence-corrected chi connectivity index (χ0v) is 12.8. The lowest BCUT2D eigenvalue weighted by Crippen LogP contribution is -2.31. The molecule has 0 fully saturated rings. The van der Waals surface area contributed by atoms with Gasteiger partial charge in [-0.05, 0) is 42.4 Å². The predicted octanol–water partition coefficient (Wildman–Crippen LogP) is 2.73. The lowest BCUT2D eigenvalue weighted by Gasteiger charge is -2.11. The minimum Gasteiger partial charge on any atom is -0.355 e. The van der Waals surface area contributed by atoms with E-state index in [4.69, 9.17) is 0 Å². The summed E-state index contributed by atoms with van der Waals surface area (Å²) in [5.74, 6) is -0.505. The summed E-state index contributed by atoms with van der Waals surface area (Å²) >= 11 is -0.194. The largest absolute Gasteiger partial charge is 0.441 e. The van der Waals surface area contributed by atoms with Crippen molar-refractivity contribution in [2.75, 3.05) is 24.7 Å². The van der Waals surface area contributed by atoms with Crippen LogP contribution in [0.1, 0.15) is 15.9 Å². The van der Waals surface area contributed by atoms with Crippen LogP contribution >= 0.6 is 11.8 Å². The average molecular weight is 335 g/mol. The van der Waals surface area contributed by atoms with Gasteiger partial charge in [-0.2, -0.15) is 13.2 Å². The summed E-state index contributed by atoms with van der Waals surface area (Å²) < 4.78 is 35.7. The van der Waals surface area contributed by atoms with Gasteiger partial charge in [0.25, 0.3) is 5.91 Å². The molecule has 1 aromatic rings. The SMILES string of the molecule is CNC(=O)c1ccc(NC(=O)NCCSC(F)(F)F)c(C)c1. The smallest absolute Gasteiger partial charge is 0.355 e. The van der Waals surface area contributed by atoms with Crippen molar-refractivity contribution in [1.82, 2.24) is 10.6 Å². The number of aryl methyl sites for hydroxylation is 1. The Hall–Kier alpha value is -1.90. The average Bonchev–Trinajstić information content (AvgIpc) is 2.44. The van der Waals surface area contributed by atoms with Crippen LogP contribution in [0.2, 0.25) is 0 Å². The van der Waals surface area contributed by atoms with E-state index in [1.54, 1.807) is 25.1 Å². The van der Waals surface area contributed by atoms with Crippen molar-refractivity contribution in [3.05, 3.63) is 29.3 Å². The first-order valence-corrected chi connectivity index (χ1v) is 7.30. The van der Waals surface area contributed by atoms with Crippen molar-refractivity contribution >= 4 is 29.4 Å². The van der Waals surface area contributed by atoms with Crippen LogP contribution in [0.15, 0.2) is 18.2 Å². The van der Waals surface area contributed by atoms with E-state index in [2.05, 4.69) is 16.0 Å². The van der Waals surface area contributed by atoms with Gasteiger partial charge in [0.1, 0.15) is 0 Å². The standard InChI is InChI=1S/C13H16F3N3O2S/c1-8-7-9(11(20)17-2)3-4-10(8)19-12(21)18-5-6-22-13(14,15)16/h3-4,7H,5-6H2,1-2H3,(H,17,20)(H2,18,19,21). The van der Waals surface area contributed by atoms with Gasteiger partial charge in [0.05, 0.1) is 0 Å². The third-order valence-corrected chi connectivity index (χ3v) is 3.35. The fraction of sp³-hybridized carbons (Fsp3) is 0.385. The molecule has 3 N–H and O–H groups in total. The summed E-state index contributed by atoms with van der Waals surface area (Å²) in [6.45, 7) is 1.60. The van der Waals surface area contributed by atoms with Crippen molar-refractivity contribution in [1.29, 1.82) is 0 Å². The molecule has 0 aliphatic heterocycles. The Morgan fingerprint density at radius 3 is 2.50 bits per heavy atom. The number of amides is 3. The van der Waals surface area contributed by atoms with Gasteiger partial charge in [-0.15, -0.1) is 0 Å². The highest BCUT2D eigenvalue weighted by Crippen LogP contribution is 2.29. The summed E-state index contributed by atoms with van der Waals surface area (Å²) in [6, 6.07) is 4.11. The molecule has 0 radical (unpaired) electrons. The van der Waals surface area contributed by atoms with Gasteiger partial charge in [0, 0.05) is 30.6 Å². The molecule has 0 atom stereocenters. The minimum atomic E-state index is -4.30. The molecule has 0 heterocycles. The molecule has 0 saturated carbocycles. The van der Waals surface area contributed by atoms with Crippen molar-refractivity contribution in [2.45, 2.75) is 12.4 Å². The second kappa shape index (κ2) is 7.92. The number of hydrogen-bond donors (Lipinski definition) is 3. The molecule has 9 heteroatoms. The summed E-state index contributed by atoms with van der Waals surface area (Å²) in [6.07, 6.45) is 0. The fourth-order valence-electron chi connectivity index (χ4n) is 1.59. The number of carbonyl (C=O) groups excluding carboxylic acids is 2. The van der Waals surface area contributed by atoms with E-state index in [1.165, 1.54) is 7.05 Å². The molecule has 0 aliphatic rings. The summed E-state index contributed by atoms with van der Waals surface area (Å²) in [7, 11) is 1.51. The van der Waals surface area contributed by atoms with Crippen molar-refractivity contribution in [2.24, 2.45) is 0 Å². The number of hydrogen-bond acceptors (Lipinski definition) is 3. The molecule has 0 aromatic heterocycles. The van der Waals surface area contributed by atoms with Crippen LogP contribution in [-0.2, 0) is 0 Å². The molecule has 0 saturated heterocycles. The monoisotopic (exact) mass is 335 g/mol. The molecular weight excluding hydrogens is 319 g/mol. The van der Waals surface area contributed by atoms with Gasteiger partial charge < -0.3 is 16.0 Å². The second-order valence-corrected chi connectivity index (χ2v) is 5.44. The Morgan fingerprint density at radius 2 is 1.95 bits per heavy atom. The summed E-state index contributed by atoms with van der Waals surface area (Å²) in [5.41, 5.74) is -2.70. The van der Waals surface area contributed by atoms with E-state index in [-0.39, 0.29) is 30.0 Å². The lowest BCUT2D eigenvalue weighted by molar-refractivity contribution is -0.0327. The Balaban J connectivity index is 2.49. The molecule has 122 valence electrons. The number of rotatable bonds is 5. The van der Waals surface area contributed by atoms with Gasteiger partial charge in [-0.1, -0.05) is 0 Å². The maximum atomic E-state index is 11.9. The van der Waals surface area contributed by atoms with Crippen LogP contribution in [0.4, 0.5) is 23.7 Å². The maximum Gasteiger partial charge on any atom is 0.441 e. The van der Waals surface area contributed by atoms with Crippen molar-refractivity contribution in [3.8, 4) is 0 Å². The van der Waals surface area contributed by atoms with Crippen LogP contribution in [-0.4, -0.2) is 36.8 Å². The minimum absolute atomic E-state index is 0.106. The second-order valence-electron chi connectivity index (χ2n) is 4.28. The van der Waals surface area contributed by atoms with Gasteiger partial charge in [-0.3, -0.25) is 4.79 Å². The normalized spacial score (nSPS) is 11.0. The first-order chi connectivity index (χ1) is 10.2. The van der Waals surface area contributed by atoms with E-state index < -0.39 is 11.5 Å². The van der Waals surface area contributed by atoms with Crippen molar-refractivity contribution in [3.63, 3.8) is 0 Å². The van der Waals surface area contributed by atoms with Crippen LogP contribution in [0.25, 0.3) is 0 Å². The van der Waals surface area contributed by atoms with Crippen LogP contribution in [0.3, 0.4) is 0 Å².